The predicted octanol–water partition coefficient (Wildman–Crippen LogP) is 2.92. The van der Waals surface area contributed by atoms with Crippen LogP contribution in [0.15, 0.2) is 47.4 Å². The van der Waals surface area contributed by atoms with Gasteiger partial charge in [-0.15, -0.1) is 0 Å². The maximum absolute atomic E-state index is 12.6. The van der Waals surface area contributed by atoms with Crippen LogP contribution in [0, 0.1) is 0 Å². The molecule has 33 heavy (non-hydrogen) atoms. The van der Waals surface area contributed by atoms with Crippen LogP contribution in [0.2, 0.25) is 0 Å². The number of hydrogen-bond donors (Lipinski definition) is 2. The summed E-state index contributed by atoms with van der Waals surface area (Å²) in [4.78, 5) is 24.7. The summed E-state index contributed by atoms with van der Waals surface area (Å²) in [7, 11) is -2.64. The smallest absolute Gasteiger partial charge is 0.387 e. The van der Waals surface area contributed by atoms with E-state index in [4.69, 9.17) is 9.47 Å². The van der Waals surface area contributed by atoms with Gasteiger partial charge in [0.15, 0.2) is 6.10 Å². The quantitative estimate of drug-likeness (QED) is 0.498. The highest BCUT2D eigenvalue weighted by Gasteiger charge is 2.31. The van der Waals surface area contributed by atoms with Gasteiger partial charge in [-0.2, -0.15) is 8.78 Å². The Morgan fingerprint density at radius 3 is 2.42 bits per heavy atom. The van der Waals surface area contributed by atoms with E-state index in [1.165, 1.54) is 50.4 Å². The molecule has 1 aliphatic rings. The molecule has 1 atom stereocenters. The first-order valence-electron chi connectivity index (χ1n) is 9.86. The molecule has 2 N–H and O–H groups in total. The molecule has 2 aromatic rings. The number of benzene rings is 2. The van der Waals surface area contributed by atoms with Crippen molar-refractivity contribution in [1.82, 2.24) is 4.72 Å². The molecule has 0 spiro atoms. The molecule has 1 amide bonds. The van der Waals surface area contributed by atoms with Gasteiger partial charge in [0.25, 0.3) is 5.91 Å². The van der Waals surface area contributed by atoms with E-state index in [0.29, 0.717) is 0 Å². The van der Waals surface area contributed by atoms with Crippen molar-refractivity contribution in [2.45, 2.75) is 43.4 Å². The first kappa shape index (κ1) is 24.4. The lowest BCUT2D eigenvalue weighted by atomic mass is 10.2. The maximum Gasteiger partial charge on any atom is 0.387 e. The third-order valence-electron chi connectivity index (χ3n) is 4.60. The Balaban J connectivity index is 1.72. The fraction of sp³-hybridized carbons (Fsp3) is 0.333. The highest BCUT2D eigenvalue weighted by atomic mass is 32.2. The highest BCUT2D eigenvalue weighted by Crippen LogP contribution is 2.29. The van der Waals surface area contributed by atoms with Gasteiger partial charge in [-0.1, -0.05) is 12.1 Å². The molecule has 0 aliphatic heterocycles. The van der Waals surface area contributed by atoms with Crippen molar-refractivity contribution < 1.29 is 41.0 Å². The third-order valence-corrected chi connectivity index (χ3v) is 6.14. The minimum absolute atomic E-state index is 0.0327. The lowest BCUT2D eigenvalue weighted by Gasteiger charge is -2.16. The van der Waals surface area contributed by atoms with Gasteiger partial charge in [0.2, 0.25) is 10.0 Å². The van der Waals surface area contributed by atoms with Crippen LogP contribution in [0.4, 0.5) is 14.5 Å². The standard InChI is InChI=1S/C21H22F2N2O7S/c1-12(19(26)24-15-5-3-4-6-16(15)32-21(22)23)31-20(27)13-7-10-17(30-2)18(11-13)33(28,29)25-14-8-9-14/h3-7,10-12,14,21,25H,8-9H2,1-2H3,(H,24,26). The number of methoxy groups -OCH3 is 1. The molecule has 12 heteroatoms. The van der Waals surface area contributed by atoms with Gasteiger partial charge in [-0.05, 0) is 50.1 Å². The number of alkyl halides is 2. The van der Waals surface area contributed by atoms with Crippen molar-refractivity contribution in [1.29, 1.82) is 0 Å². The number of hydrogen-bond acceptors (Lipinski definition) is 7. The van der Waals surface area contributed by atoms with Crippen LogP contribution in [0.5, 0.6) is 11.5 Å². The van der Waals surface area contributed by atoms with Crippen LogP contribution in [-0.4, -0.2) is 46.2 Å². The average molecular weight is 484 g/mol. The number of amides is 1. The van der Waals surface area contributed by atoms with E-state index in [0.717, 1.165) is 18.9 Å². The lowest BCUT2D eigenvalue weighted by Crippen LogP contribution is -2.30. The van der Waals surface area contributed by atoms with E-state index in [1.807, 2.05) is 0 Å². The minimum atomic E-state index is -3.93. The summed E-state index contributed by atoms with van der Waals surface area (Å²) >= 11 is 0. The largest absolute Gasteiger partial charge is 0.495 e. The van der Waals surface area contributed by atoms with E-state index in [9.17, 15) is 26.8 Å². The van der Waals surface area contributed by atoms with Crippen LogP contribution in [0.25, 0.3) is 0 Å². The zero-order valence-corrected chi connectivity index (χ0v) is 18.5. The monoisotopic (exact) mass is 484 g/mol. The Hall–Kier alpha value is -3.25. The minimum Gasteiger partial charge on any atom is -0.495 e. The summed E-state index contributed by atoms with van der Waals surface area (Å²) in [5, 5.41) is 2.35. The number of sulfonamides is 1. The number of esters is 1. The second kappa shape index (κ2) is 10.1. The second-order valence-corrected chi connectivity index (χ2v) is 8.86. The lowest BCUT2D eigenvalue weighted by molar-refractivity contribution is -0.123. The van der Waals surface area contributed by atoms with Crippen molar-refractivity contribution in [3.8, 4) is 11.5 Å². The van der Waals surface area contributed by atoms with E-state index in [-0.39, 0.29) is 33.7 Å². The molecule has 0 bridgehead atoms. The number of para-hydroxylation sites is 2. The van der Waals surface area contributed by atoms with E-state index < -0.39 is 34.6 Å². The number of rotatable bonds is 10. The fourth-order valence-electron chi connectivity index (χ4n) is 2.78. The molecule has 3 rings (SSSR count). The number of ether oxygens (including phenoxy) is 3. The Bertz CT molecular complexity index is 1140. The van der Waals surface area contributed by atoms with Crippen molar-refractivity contribution in [3.63, 3.8) is 0 Å². The zero-order valence-electron chi connectivity index (χ0n) is 17.7. The van der Waals surface area contributed by atoms with Gasteiger partial charge in [-0.3, -0.25) is 4.79 Å². The van der Waals surface area contributed by atoms with Crippen LogP contribution < -0.4 is 19.5 Å². The summed E-state index contributed by atoms with van der Waals surface area (Å²) in [6, 6.07) is 9.09. The molecule has 1 saturated carbocycles. The molecule has 1 fully saturated rings. The molecule has 178 valence electrons. The Morgan fingerprint density at radius 2 is 1.79 bits per heavy atom. The van der Waals surface area contributed by atoms with Crippen molar-refractivity contribution >= 4 is 27.6 Å². The normalized spacial score (nSPS) is 14.5. The van der Waals surface area contributed by atoms with Crippen LogP contribution >= 0.6 is 0 Å². The zero-order chi connectivity index (χ0) is 24.2. The van der Waals surface area contributed by atoms with Crippen LogP contribution in [0.1, 0.15) is 30.1 Å². The predicted molar refractivity (Wildman–Crippen MR) is 113 cm³/mol. The first-order valence-corrected chi connectivity index (χ1v) is 11.3. The number of halogens is 2. The number of carbonyl (C=O) groups is 2. The average Bonchev–Trinajstić information content (AvgIpc) is 3.57. The molecule has 0 radical (unpaired) electrons. The molecule has 1 unspecified atom stereocenters. The maximum atomic E-state index is 12.6. The summed E-state index contributed by atoms with van der Waals surface area (Å²) in [5.41, 5.74) is -0.150. The molecular weight excluding hydrogens is 462 g/mol. The highest BCUT2D eigenvalue weighted by molar-refractivity contribution is 7.89. The van der Waals surface area contributed by atoms with Gasteiger partial charge in [0.05, 0.1) is 18.4 Å². The SMILES string of the molecule is COc1ccc(C(=O)OC(C)C(=O)Nc2ccccc2OC(F)F)cc1S(=O)(=O)NC1CC1. The summed E-state index contributed by atoms with van der Waals surface area (Å²) in [6.07, 6.45) is 0.117. The van der Waals surface area contributed by atoms with Gasteiger partial charge in [0, 0.05) is 6.04 Å². The summed E-state index contributed by atoms with van der Waals surface area (Å²) in [6.45, 7) is -1.81. The Kier molecular flexibility index (Phi) is 7.49. The Labute approximate surface area is 189 Å². The van der Waals surface area contributed by atoms with Crippen LogP contribution in [-0.2, 0) is 19.6 Å². The first-order chi connectivity index (χ1) is 15.6. The molecule has 9 nitrogen and oxygen atoms in total. The molecule has 2 aromatic carbocycles. The van der Waals surface area contributed by atoms with Gasteiger partial charge < -0.3 is 19.5 Å². The molecule has 0 heterocycles. The molecule has 0 saturated heterocycles. The third kappa shape index (κ3) is 6.39. The van der Waals surface area contributed by atoms with Crippen molar-refractivity contribution in [2.24, 2.45) is 0 Å². The van der Waals surface area contributed by atoms with Gasteiger partial charge >= 0.3 is 12.6 Å². The second-order valence-electron chi connectivity index (χ2n) is 7.17. The summed E-state index contributed by atoms with van der Waals surface area (Å²) in [5.74, 6) is -1.97. The van der Waals surface area contributed by atoms with Crippen molar-refractivity contribution in [3.05, 3.63) is 48.0 Å². The van der Waals surface area contributed by atoms with E-state index in [1.54, 1.807) is 0 Å². The van der Waals surface area contributed by atoms with Crippen molar-refractivity contribution in [2.75, 3.05) is 12.4 Å². The molecular formula is C21H22F2N2O7S. The van der Waals surface area contributed by atoms with Crippen LogP contribution in [0.3, 0.4) is 0 Å². The van der Waals surface area contributed by atoms with E-state index in [2.05, 4.69) is 14.8 Å². The molecule has 0 aromatic heterocycles. The number of nitrogens with one attached hydrogen (secondary N) is 2. The fourth-order valence-corrected chi connectivity index (χ4v) is 4.28. The summed E-state index contributed by atoms with van der Waals surface area (Å²) < 4.78 is 67.4. The number of carbonyl (C=O) groups excluding carboxylic acids is 2. The topological polar surface area (TPSA) is 120 Å². The molecule has 1 aliphatic carbocycles. The van der Waals surface area contributed by atoms with E-state index >= 15 is 0 Å². The number of anilines is 1. The van der Waals surface area contributed by atoms with Gasteiger partial charge in [0.1, 0.15) is 16.4 Å². The van der Waals surface area contributed by atoms with Gasteiger partial charge in [-0.25, -0.2) is 17.9 Å². The Morgan fingerprint density at radius 1 is 1.09 bits per heavy atom.